The van der Waals surface area contributed by atoms with E-state index >= 15 is 0 Å². The summed E-state index contributed by atoms with van der Waals surface area (Å²) in [4.78, 5) is 8.55. The van der Waals surface area contributed by atoms with Crippen LogP contribution in [0.4, 0.5) is 0 Å². The first-order valence-corrected chi connectivity index (χ1v) is 15.8. The maximum Gasteiger partial charge on any atom is 3.00 e. The number of nitrogens with zero attached hydrogens (tertiary/aromatic N) is 4. The summed E-state index contributed by atoms with van der Waals surface area (Å²) in [5, 5.41) is 1.61. The van der Waals surface area contributed by atoms with Crippen molar-refractivity contribution in [2.24, 2.45) is 0 Å². The molecule has 0 aliphatic heterocycles. The van der Waals surface area contributed by atoms with Gasteiger partial charge in [0.05, 0.1) is 16.7 Å². The molecule has 0 aliphatic carbocycles. The van der Waals surface area contributed by atoms with Crippen LogP contribution in [-0.2, 0) is 20.1 Å². The number of fused-ring (bicyclic) bond motifs is 4. The Morgan fingerprint density at radius 1 is 0.771 bits per heavy atom. The average molecular weight is 808 g/mol. The molecular weight excluding hydrogens is 769 g/mol. The number of rotatable bonds is 5. The Hall–Kier alpha value is -4.90. The van der Waals surface area contributed by atoms with Crippen molar-refractivity contribution in [3.63, 3.8) is 0 Å². The van der Waals surface area contributed by atoms with Crippen molar-refractivity contribution in [3.8, 4) is 22.6 Å². The van der Waals surface area contributed by atoms with E-state index in [0.717, 1.165) is 38.8 Å². The van der Waals surface area contributed by atoms with Gasteiger partial charge in [-0.15, -0.1) is 35.9 Å². The van der Waals surface area contributed by atoms with Gasteiger partial charge in [0.1, 0.15) is 0 Å². The number of hydrogen-bond donors (Lipinski definition) is 0. The quantitative estimate of drug-likeness (QED) is 0.129. The number of para-hydroxylation sites is 3. The minimum absolute atomic E-state index is 0. The van der Waals surface area contributed by atoms with Gasteiger partial charge in [-0.05, 0) is 59.4 Å². The van der Waals surface area contributed by atoms with Crippen LogP contribution in [0.25, 0.3) is 55.7 Å². The summed E-state index contributed by atoms with van der Waals surface area (Å²) >= 11 is 0. The second kappa shape index (κ2) is 14.1. The maximum atomic E-state index is 7.74. The first kappa shape index (κ1) is 29.3. The fraction of sp³-hybridized carbons (Fsp3) is 0.167. The van der Waals surface area contributed by atoms with Crippen LogP contribution in [0.5, 0.6) is 0 Å². The third kappa shape index (κ3) is 6.22. The molecule has 8 rings (SSSR count). The van der Waals surface area contributed by atoms with Gasteiger partial charge in [-0.1, -0.05) is 87.7 Å². The van der Waals surface area contributed by atoms with Crippen molar-refractivity contribution in [1.82, 2.24) is 14.5 Å². The summed E-state index contributed by atoms with van der Waals surface area (Å²) in [6.45, 7) is 6.55. The minimum atomic E-state index is -2.31. The molecule has 0 bridgehead atoms. The Morgan fingerprint density at radius 3 is 2.25 bits per heavy atom. The van der Waals surface area contributed by atoms with Gasteiger partial charge in [0, 0.05) is 27.0 Å². The summed E-state index contributed by atoms with van der Waals surface area (Å²) in [5.41, 5.74) is 9.24. The van der Waals surface area contributed by atoms with E-state index in [1.165, 1.54) is 11.1 Å². The van der Waals surface area contributed by atoms with E-state index < -0.39 is 6.85 Å². The monoisotopic (exact) mass is 808 g/mol. The maximum absolute atomic E-state index is 7.74. The molecule has 0 unspecified atom stereocenters. The molecule has 6 heteroatoms. The van der Waals surface area contributed by atoms with Gasteiger partial charge < -0.3 is 14.0 Å². The topological polar surface area (TPSA) is 47.7 Å². The van der Waals surface area contributed by atoms with Crippen molar-refractivity contribution < 1.29 is 33.2 Å². The van der Waals surface area contributed by atoms with Crippen molar-refractivity contribution in [3.05, 3.63) is 151 Å². The molecule has 238 valence electrons. The number of aromatic nitrogens is 4. The van der Waals surface area contributed by atoms with Crippen molar-refractivity contribution in [1.29, 1.82) is 0 Å². The predicted molar refractivity (Wildman–Crippen MR) is 189 cm³/mol. The van der Waals surface area contributed by atoms with Crippen LogP contribution in [-0.4, -0.2) is 14.5 Å². The summed E-state index contributed by atoms with van der Waals surface area (Å²) in [6, 6.07) is 42.0. The average Bonchev–Trinajstić information content (AvgIpc) is 3.70. The molecule has 0 fully saturated rings. The molecule has 0 saturated carbocycles. The molecular formula is C42H36IrN4O+. The molecule has 4 aromatic heterocycles. The standard InChI is InChI=1S/C31H28N3O.C11H8N.Ir/c1-19(2)22-10-8-11-23(20(3)4)29(22)34-18-33(26-13-6-7-14-27(26)34)28-15-9-12-24-25-17-16-21(5)32-31(25)35-30(24)28;1-2-6-10(7-3-1)11-8-4-5-9-12-11;/h6-14,16-17,19-20H,1-5H3;1-6,8-9H;/q2*-1;+3/i5D3;;. The smallest absolute Gasteiger partial charge is 0.505 e. The number of benzene rings is 4. The van der Waals surface area contributed by atoms with Crippen LogP contribution in [0.3, 0.4) is 0 Å². The van der Waals surface area contributed by atoms with Crippen LogP contribution in [0.15, 0.2) is 120 Å². The van der Waals surface area contributed by atoms with Crippen LogP contribution in [0, 0.1) is 25.3 Å². The first-order valence-electron chi connectivity index (χ1n) is 17.3. The third-order valence-corrected chi connectivity index (χ3v) is 8.28. The zero-order chi connectivity index (χ0) is 35.0. The van der Waals surface area contributed by atoms with Gasteiger partial charge in [0.2, 0.25) is 5.71 Å². The molecule has 4 aromatic carbocycles. The second-order valence-electron chi connectivity index (χ2n) is 12.1. The van der Waals surface area contributed by atoms with Crippen LogP contribution < -0.4 is 4.57 Å². The van der Waals surface area contributed by atoms with Crippen LogP contribution >= 0.6 is 0 Å². The Balaban J connectivity index is 0.000000291. The normalized spacial score (nSPS) is 12.4. The van der Waals surface area contributed by atoms with E-state index in [4.69, 9.17) is 8.53 Å². The molecule has 48 heavy (non-hydrogen) atoms. The SMILES string of the molecule is [2H]C([2H])([2H])c1ccc2c(n1)oc1c(-[n+]3[c-]n(-c4c(C(C)C)cccc4C(C)C)c4ccccc43)[c-]ccc12.[Ir+3].[c-]1ccccc1-c1ccccn1. The van der Waals surface area contributed by atoms with Crippen molar-refractivity contribution >= 4 is 33.1 Å². The Labute approximate surface area is 299 Å². The summed E-state index contributed by atoms with van der Waals surface area (Å²) in [7, 11) is 0. The van der Waals surface area contributed by atoms with Crippen LogP contribution in [0.1, 0.15) is 60.5 Å². The Morgan fingerprint density at radius 2 is 1.54 bits per heavy atom. The Bertz CT molecular complexity index is 2370. The largest absolute Gasteiger partial charge is 3.00 e. The van der Waals surface area contributed by atoms with Gasteiger partial charge in [-0.2, -0.15) is 18.2 Å². The van der Waals surface area contributed by atoms with E-state index in [1.807, 2.05) is 71.3 Å². The summed E-state index contributed by atoms with van der Waals surface area (Å²) in [6.07, 6.45) is 5.40. The number of furan rings is 1. The third-order valence-electron chi connectivity index (χ3n) is 8.28. The van der Waals surface area contributed by atoms with Gasteiger partial charge in [-0.3, -0.25) is 4.57 Å². The second-order valence-corrected chi connectivity index (χ2v) is 12.1. The van der Waals surface area contributed by atoms with Crippen molar-refractivity contribution in [2.75, 3.05) is 0 Å². The fourth-order valence-electron chi connectivity index (χ4n) is 6.01. The summed E-state index contributed by atoms with van der Waals surface area (Å²) in [5.74, 6) is 0.658. The van der Waals surface area contributed by atoms with E-state index in [0.29, 0.717) is 28.8 Å². The molecule has 5 nitrogen and oxygen atoms in total. The molecule has 0 radical (unpaired) electrons. The van der Waals surface area contributed by atoms with E-state index in [2.05, 4.69) is 91.0 Å². The number of imidazole rings is 1. The minimum Gasteiger partial charge on any atom is -0.505 e. The molecule has 0 N–H and O–H groups in total. The van der Waals surface area contributed by atoms with Gasteiger partial charge in [0.15, 0.2) is 0 Å². The van der Waals surface area contributed by atoms with Crippen molar-refractivity contribution in [2.45, 2.75) is 46.4 Å². The first-order chi connectivity index (χ1) is 24.1. The zero-order valence-electron chi connectivity index (χ0n) is 30.2. The number of aryl methyl sites for hydroxylation is 1. The molecule has 0 aliphatic rings. The summed E-state index contributed by atoms with van der Waals surface area (Å²) < 4.78 is 33.6. The molecule has 8 aromatic rings. The predicted octanol–water partition coefficient (Wildman–Crippen LogP) is 9.90. The van der Waals surface area contributed by atoms with Crippen LogP contribution in [0.2, 0.25) is 0 Å². The Kier molecular flexibility index (Phi) is 8.57. The zero-order valence-corrected chi connectivity index (χ0v) is 29.5. The molecule has 0 amide bonds. The van der Waals surface area contributed by atoms with Gasteiger partial charge in [-0.25, -0.2) is 4.98 Å². The van der Waals surface area contributed by atoms with E-state index in [-0.39, 0.29) is 25.8 Å². The van der Waals surface area contributed by atoms with Gasteiger partial charge >= 0.3 is 20.1 Å². The molecule has 0 spiro atoms. The fourth-order valence-corrected chi connectivity index (χ4v) is 6.01. The van der Waals surface area contributed by atoms with Gasteiger partial charge in [0.25, 0.3) is 6.33 Å². The molecule has 0 saturated heterocycles. The van der Waals surface area contributed by atoms with E-state index in [1.54, 1.807) is 18.3 Å². The number of hydrogen-bond acceptors (Lipinski definition) is 3. The van der Waals surface area contributed by atoms with E-state index in [9.17, 15) is 0 Å². The number of pyridine rings is 2. The molecule has 4 heterocycles. The molecule has 0 atom stereocenters.